The van der Waals surface area contributed by atoms with Gasteiger partial charge in [-0.05, 0) is 50.0 Å². The van der Waals surface area contributed by atoms with Gasteiger partial charge in [0.15, 0.2) is 0 Å². The van der Waals surface area contributed by atoms with Gasteiger partial charge in [0.25, 0.3) is 0 Å². The summed E-state index contributed by atoms with van der Waals surface area (Å²) in [6, 6.07) is 7.03. The van der Waals surface area contributed by atoms with Crippen molar-refractivity contribution in [1.82, 2.24) is 9.80 Å². The summed E-state index contributed by atoms with van der Waals surface area (Å²) in [6.07, 6.45) is 4.62. The molecule has 5 nitrogen and oxygen atoms in total. The van der Waals surface area contributed by atoms with Crippen molar-refractivity contribution in [1.29, 1.82) is 0 Å². The lowest BCUT2D eigenvalue weighted by Gasteiger charge is -2.33. The van der Waals surface area contributed by atoms with Crippen LogP contribution in [0.2, 0.25) is 0 Å². The molecule has 0 aliphatic carbocycles. The molecular weight excluding hydrogens is 292 g/mol. The molecule has 2 aliphatic heterocycles. The standard InChI is InChI=1S/C18H26N2O3/c21-17(22)16-6-4-15(5-7-16)12-20-11-8-18(23,14-20)13-19-9-2-1-3-10-19/h4-7,23H,1-3,8-14H2,(H,21,22)/t18-/m1/s1. The van der Waals surface area contributed by atoms with Crippen molar-refractivity contribution in [2.45, 2.75) is 37.8 Å². The van der Waals surface area contributed by atoms with Gasteiger partial charge in [0.1, 0.15) is 0 Å². The van der Waals surface area contributed by atoms with Crippen LogP contribution in [-0.4, -0.2) is 64.3 Å². The summed E-state index contributed by atoms with van der Waals surface area (Å²) in [7, 11) is 0. The van der Waals surface area contributed by atoms with Crippen LogP contribution in [0.25, 0.3) is 0 Å². The van der Waals surface area contributed by atoms with Crippen LogP contribution in [0.4, 0.5) is 0 Å². The summed E-state index contributed by atoms with van der Waals surface area (Å²) in [5.41, 5.74) is 0.812. The molecule has 1 aromatic carbocycles. The van der Waals surface area contributed by atoms with E-state index >= 15 is 0 Å². The summed E-state index contributed by atoms with van der Waals surface area (Å²) in [6.45, 7) is 5.36. The van der Waals surface area contributed by atoms with E-state index in [9.17, 15) is 9.90 Å². The van der Waals surface area contributed by atoms with Gasteiger partial charge < -0.3 is 15.1 Å². The van der Waals surface area contributed by atoms with Gasteiger partial charge in [-0.3, -0.25) is 4.90 Å². The Kier molecular flexibility index (Phi) is 4.99. The van der Waals surface area contributed by atoms with E-state index in [4.69, 9.17) is 5.11 Å². The van der Waals surface area contributed by atoms with Crippen LogP contribution in [0.1, 0.15) is 41.6 Å². The molecule has 2 saturated heterocycles. The number of hydrogen-bond acceptors (Lipinski definition) is 4. The predicted octanol–water partition coefficient (Wildman–Crippen LogP) is 1.81. The molecule has 23 heavy (non-hydrogen) atoms. The van der Waals surface area contributed by atoms with E-state index in [1.165, 1.54) is 19.3 Å². The Labute approximate surface area is 137 Å². The van der Waals surface area contributed by atoms with Crippen molar-refractivity contribution >= 4 is 5.97 Å². The normalized spacial score (nSPS) is 26.5. The summed E-state index contributed by atoms with van der Waals surface area (Å²) >= 11 is 0. The Balaban J connectivity index is 1.53. The second-order valence-corrected chi connectivity index (χ2v) is 7.02. The van der Waals surface area contributed by atoms with Crippen LogP contribution >= 0.6 is 0 Å². The van der Waals surface area contributed by atoms with E-state index in [0.717, 1.165) is 44.7 Å². The van der Waals surface area contributed by atoms with Crippen LogP contribution in [0.15, 0.2) is 24.3 Å². The smallest absolute Gasteiger partial charge is 0.335 e. The topological polar surface area (TPSA) is 64.0 Å². The van der Waals surface area contributed by atoms with Crippen LogP contribution in [0, 0.1) is 0 Å². The maximum Gasteiger partial charge on any atom is 0.335 e. The number of piperidine rings is 1. The van der Waals surface area contributed by atoms with E-state index in [1.807, 2.05) is 12.1 Å². The van der Waals surface area contributed by atoms with Crippen molar-refractivity contribution in [2.75, 3.05) is 32.7 Å². The van der Waals surface area contributed by atoms with Crippen LogP contribution < -0.4 is 0 Å². The van der Waals surface area contributed by atoms with Crippen LogP contribution in [0.5, 0.6) is 0 Å². The minimum absolute atomic E-state index is 0.316. The Morgan fingerprint density at radius 3 is 2.39 bits per heavy atom. The Hall–Kier alpha value is -1.43. The van der Waals surface area contributed by atoms with E-state index in [2.05, 4.69) is 9.80 Å². The number of benzene rings is 1. The number of nitrogens with zero attached hydrogens (tertiary/aromatic N) is 2. The molecule has 2 heterocycles. The van der Waals surface area contributed by atoms with E-state index in [0.29, 0.717) is 12.1 Å². The van der Waals surface area contributed by atoms with Gasteiger partial charge in [0.05, 0.1) is 11.2 Å². The molecule has 2 aliphatic rings. The first-order valence-electron chi connectivity index (χ1n) is 8.53. The van der Waals surface area contributed by atoms with Crippen LogP contribution in [-0.2, 0) is 6.54 Å². The number of rotatable bonds is 5. The van der Waals surface area contributed by atoms with Gasteiger partial charge >= 0.3 is 5.97 Å². The first-order chi connectivity index (χ1) is 11.0. The number of aliphatic hydroxyl groups is 1. The lowest BCUT2D eigenvalue weighted by Crippen LogP contribution is -2.46. The summed E-state index contributed by atoms with van der Waals surface area (Å²) in [5, 5.41) is 19.8. The third-order valence-electron chi connectivity index (χ3n) is 4.98. The summed E-state index contributed by atoms with van der Waals surface area (Å²) in [5.74, 6) is -0.895. The minimum atomic E-state index is -0.895. The van der Waals surface area contributed by atoms with Gasteiger partial charge in [-0.2, -0.15) is 0 Å². The molecule has 3 rings (SSSR count). The third kappa shape index (κ3) is 4.31. The van der Waals surface area contributed by atoms with Gasteiger partial charge in [0.2, 0.25) is 0 Å². The minimum Gasteiger partial charge on any atom is -0.478 e. The van der Waals surface area contributed by atoms with Crippen molar-refractivity contribution in [2.24, 2.45) is 0 Å². The van der Waals surface area contributed by atoms with E-state index < -0.39 is 11.6 Å². The van der Waals surface area contributed by atoms with Crippen molar-refractivity contribution < 1.29 is 15.0 Å². The average Bonchev–Trinajstić information content (AvgIpc) is 2.89. The van der Waals surface area contributed by atoms with Crippen molar-refractivity contribution in [3.63, 3.8) is 0 Å². The molecule has 0 amide bonds. The number of carbonyl (C=O) groups is 1. The third-order valence-corrected chi connectivity index (χ3v) is 4.98. The molecule has 1 atom stereocenters. The molecule has 0 bridgehead atoms. The maximum atomic E-state index is 10.9. The fourth-order valence-corrected chi connectivity index (χ4v) is 3.75. The highest BCUT2D eigenvalue weighted by molar-refractivity contribution is 5.87. The van der Waals surface area contributed by atoms with E-state index in [-0.39, 0.29) is 0 Å². The molecule has 5 heteroatoms. The molecule has 1 aromatic rings. The fraction of sp³-hybridized carbons (Fsp3) is 0.611. The Morgan fingerprint density at radius 2 is 1.74 bits per heavy atom. The maximum absolute atomic E-state index is 10.9. The van der Waals surface area contributed by atoms with Gasteiger partial charge in [-0.1, -0.05) is 18.6 Å². The van der Waals surface area contributed by atoms with Gasteiger partial charge in [0, 0.05) is 26.2 Å². The zero-order valence-corrected chi connectivity index (χ0v) is 13.6. The van der Waals surface area contributed by atoms with Crippen molar-refractivity contribution in [3.8, 4) is 0 Å². The Morgan fingerprint density at radius 1 is 1.04 bits per heavy atom. The zero-order valence-electron chi connectivity index (χ0n) is 13.6. The molecule has 0 unspecified atom stereocenters. The molecular formula is C18H26N2O3. The number of β-amino-alcohol motifs (C(OH)–C–C–N with tert-alkyl or cyclic N) is 1. The van der Waals surface area contributed by atoms with Crippen LogP contribution in [0.3, 0.4) is 0 Å². The molecule has 126 valence electrons. The molecule has 0 radical (unpaired) electrons. The number of likely N-dealkylation sites (tertiary alicyclic amines) is 2. The van der Waals surface area contributed by atoms with Crippen molar-refractivity contribution in [3.05, 3.63) is 35.4 Å². The summed E-state index contributed by atoms with van der Waals surface area (Å²) in [4.78, 5) is 15.5. The first kappa shape index (κ1) is 16.4. The van der Waals surface area contributed by atoms with Gasteiger partial charge in [-0.25, -0.2) is 4.79 Å². The second-order valence-electron chi connectivity index (χ2n) is 7.02. The highest BCUT2D eigenvalue weighted by Gasteiger charge is 2.37. The average molecular weight is 318 g/mol. The largest absolute Gasteiger partial charge is 0.478 e. The highest BCUT2D eigenvalue weighted by atomic mass is 16.4. The lowest BCUT2D eigenvalue weighted by molar-refractivity contribution is 0.00635. The number of aromatic carboxylic acids is 1. The highest BCUT2D eigenvalue weighted by Crippen LogP contribution is 2.25. The lowest BCUT2D eigenvalue weighted by atomic mass is 10.0. The summed E-state index contributed by atoms with van der Waals surface area (Å²) < 4.78 is 0. The monoisotopic (exact) mass is 318 g/mol. The molecule has 0 aromatic heterocycles. The fourth-order valence-electron chi connectivity index (χ4n) is 3.75. The Bertz CT molecular complexity index is 540. The predicted molar refractivity (Wildman–Crippen MR) is 88.5 cm³/mol. The molecule has 0 saturated carbocycles. The SMILES string of the molecule is O=C(O)c1ccc(CN2CC[C@@](O)(CN3CCCCC3)C2)cc1. The van der Waals surface area contributed by atoms with Gasteiger partial charge in [-0.15, -0.1) is 0 Å². The first-order valence-corrected chi connectivity index (χ1v) is 8.53. The molecule has 2 fully saturated rings. The van der Waals surface area contributed by atoms with E-state index in [1.54, 1.807) is 12.1 Å². The molecule has 2 N–H and O–H groups in total. The molecule has 0 spiro atoms. The number of carboxylic acids is 1. The number of hydrogen-bond donors (Lipinski definition) is 2. The zero-order chi connectivity index (χ0) is 16.3. The quantitative estimate of drug-likeness (QED) is 0.867. The number of carboxylic acid groups (broad SMARTS) is 1. The second kappa shape index (κ2) is 6.99.